The van der Waals surface area contributed by atoms with Crippen molar-refractivity contribution in [1.29, 1.82) is 0 Å². The molecule has 0 aliphatic rings. The Labute approximate surface area is 142 Å². The van der Waals surface area contributed by atoms with Gasteiger partial charge in [0.2, 0.25) is 0 Å². The number of rotatable bonds is 7. The second-order valence-electron chi connectivity index (χ2n) is 4.60. The molecule has 0 atom stereocenters. The minimum Gasteiger partial charge on any atom is -0.461 e. The van der Waals surface area contributed by atoms with Gasteiger partial charge in [-0.25, -0.2) is 4.79 Å². The minimum absolute atomic E-state index is 0.252. The number of anilines is 1. The molecule has 0 heterocycles. The molecule has 5 heteroatoms. The molecule has 0 aromatic heterocycles. The maximum absolute atomic E-state index is 11.8. The molecule has 0 fully saturated rings. The van der Waals surface area contributed by atoms with Crippen molar-refractivity contribution in [3.05, 3.63) is 29.8 Å². The summed E-state index contributed by atoms with van der Waals surface area (Å²) in [4.78, 5) is 18.0. The molecule has 0 spiro atoms. The van der Waals surface area contributed by atoms with E-state index in [-0.39, 0.29) is 5.97 Å². The Morgan fingerprint density at radius 1 is 1.10 bits per heavy atom. The van der Waals surface area contributed by atoms with Crippen LogP contribution in [0.5, 0.6) is 0 Å². The highest BCUT2D eigenvalue weighted by atomic mass is 127. The van der Waals surface area contributed by atoms with E-state index >= 15 is 0 Å². The van der Waals surface area contributed by atoms with E-state index in [1.54, 1.807) is 12.1 Å². The SMILES string of the molecule is CCN(CC)CCOC(=O)c1ccc(N(C)C)cc1.CI. The van der Waals surface area contributed by atoms with Crippen molar-refractivity contribution < 1.29 is 9.53 Å². The van der Waals surface area contributed by atoms with Crippen molar-refractivity contribution in [2.24, 2.45) is 0 Å². The number of benzene rings is 1. The number of carbonyl (C=O) groups excluding carboxylic acids is 1. The summed E-state index contributed by atoms with van der Waals surface area (Å²) in [6, 6.07) is 7.44. The first-order valence-corrected chi connectivity index (χ1v) is 9.28. The number of ether oxygens (including phenoxy) is 1. The molecular weight excluding hydrogens is 379 g/mol. The molecule has 0 radical (unpaired) electrons. The molecular formula is C16H27IN2O2. The van der Waals surface area contributed by atoms with E-state index in [4.69, 9.17) is 4.74 Å². The van der Waals surface area contributed by atoms with Gasteiger partial charge < -0.3 is 14.5 Å². The predicted octanol–water partition coefficient (Wildman–Crippen LogP) is 3.30. The van der Waals surface area contributed by atoms with Gasteiger partial charge in [0.1, 0.15) is 6.61 Å². The summed E-state index contributed by atoms with van der Waals surface area (Å²) in [5.41, 5.74) is 1.67. The smallest absolute Gasteiger partial charge is 0.338 e. The number of carbonyl (C=O) groups is 1. The van der Waals surface area contributed by atoms with Gasteiger partial charge in [-0.15, -0.1) is 0 Å². The molecule has 0 amide bonds. The van der Waals surface area contributed by atoms with Crippen LogP contribution in [-0.2, 0) is 4.74 Å². The van der Waals surface area contributed by atoms with Gasteiger partial charge in [-0.1, -0.05) is 36.4 Å². The van der Waals surface area contributed by atoms with Gasteiger partial charge in [-0.3, -0.25) is 0 Å². The van der Waals surface area contributed by atoms with Crippen LogP contribution in [0.3, 0.4) is 0 Å². The molecule has 0 bridgehead atoms. The van der Waals surface area contributed by atoms with Crippen LogP contribution in [0, 0.1) is 0 Å². The standard InChI is InChI=1S/C15H24N2O2.CH3I/c1-5-17(6-2)11-12-19-15(18)13-7-9-14(10-8-13)16(3)4;1-2/h7-10H,5-6,11-12H2,1-4H3;1H3. The number of hydrogen-bond acceptors (Lipinski definition) is 4. The molecule has 0 aliphatic carbocycles. The van der Waals surface area contributed by atoms with Gasteiger partial charge in [-0.2, -0.15) is 0 Å². The van der Waals surface area contributed by atoms with E-state index in [0.29, 0.717) is 12.2 Å². The lowest BCUT2D eigenvalue weighted by Gasteiger charge is -2.17. The molecule has 0 N–H and O–H groups in total. The summed E-state index contributed by atoms with van der Waals surface area (Å²) < 4.78 is 5.27. The second kappa shape index (κ2) is 11.8. The molecule has 1 rings (SSSR count). The highest BCUT2D eigenvalue weighted by Gasteiger charge is 2.08. The average Bonchev–Trinajstić information content (AvgIpc) is 2.53. The van der Waals surface area contributed by atoms with Crippen molar-refractivity contribution in [3.63, 3.8) is 0 Å². The Morgan fingerprint density at radius 2 is 1.62 bits per heavy atom. The molecule has 120 valence electrons. The third-order valence-corrected chi connectivity index (χ3v) is 3.15. The van der Waals surface area contributed by atoms with Crippen LogP contribution in [-0.4, -0.2) is 56.1 Å². The van der Waals surface area contributed by atoms with Crippen molar-refractivity contribution >= 4 is 34.2 Å². The van der Waals surface area contributed by atoms with Crippen LogP contribution in [0.4, 0.5) is 5.69 Å². The van der Waals surface area contributed by atoms with E-state index in [1.807, 2.05) is 36.1 Å². The lowest BCUT2D eigenvalue weighted by atomic mass is 10.2. The maximum atomic E-state index is 11.8. The fourth-order valence-corrected chi connectivity index (χ4v) is 1.79. The molecule has 21 heavy (non-hydrogen) atoms. The normalized spacial score (nSPS) is 9.86. The third-order valence-electron chi connectivity index (χ3n) is 3.15. The monoisotopic (exact) mass is 406 g/mol. The van der Waals surface area contributed by atoms with Gasteiger partial charge >= 0.3 is 5.97 Å². The first-order valence-electron chi connectivity index (χ1n) is 7.13. The van der Waals surface area contributed by atoms with Crippen molar-refractivity contribution in [2.75, 3.05) is 50.2 Å². The summed E-state index contributed by atoms with van der Waals surface area (Å²) in [6.45, 7) is 7.39. The van der Waals surface area contributed by atoms with Crippen LogP contribution >= 0.6 is 22.6 Å². The van der Waals surface area contributed by atoms with Crippen molar-refractivity contribution in [3.8, 4) is 0 Å². The molecule has 0 saturated carbocycles. The lowest BCUT2D eigenvalue weighted by Crippen LogP contribution is -2.27. The zero-order valence-electron chi connectivity index (χ0n) is 13.7. The fourth-order valence-electron chi connectivity index (χ4n) is 1.79. The van der Waals surface area contributed by atoms with E-state index in [1.165, 1.54) is 0 Å². The first-order chi connectivity index (χ1) is 10.1. The van der Waals surface area contributed by atoms with Gasteiger partial charge in [0.05, 0.1) is 5.56 Å². The summed E-state index contributed by atoms with van der Waals surface area (Å²) in [7, 11) is 3.94. The van der Waals surface area contributed by atoms with E-state index < -0.39 is 0 Å². The number of nitrogens with zero attached hydrogens (tertiary/aromatic N) is 2. The van der Waals surface area contributed by atoms with Crippen LogP contribution in [0.15, 0.2) is 24.3 Å². The number of halogens is 1. The largest absolute Gasteiger partial charge is 0.461 e. The highest BCUT2D eigenvalue weighted by molar-refractivity contribution is 14.1. The zero-order valence-corrected chi connectivity index (χ0v) is 15.9. The maximum Gasteiger partial charge on any atom is 0.338 e. The van der Waals surface area contributed by atoms with E-state index in [2.05, 4.69) is 41.3 Å². The molecule has 4 nitrogen and oxygen atoms in total. The van der Waals surface area contributed by atoms with E-state index in [9.17, 15) is 4.79 Å². The summed E-state index contributed by atoms with van der Waals surface area (Å²) >= 11 is 2.15. The number of hydrogen-bond donors (Lipinski definition) is 0. The predicted molar refractivity (Wildman–Crippen MR) is 98.8 cm³/mol. The Hall–Kier alpha value is -0.820. The van der Waals surface area contributed by atoms with Crippen LogP contribution in [0.25, 0.3) is 0 Å². The molecule has 0 saturated heterocycles. The quantitative estimate of drug-likeness (QED) is 0.395. The van der Waals surface area contributed by atoms with E-state index in [0.717, 1.165) is 25.3 Å². The molecule has 1 aromatic rings. The van der Waals surface area contributed by atoms with Crippen LogP contribution in [0.2, 0.25) is 0 Å². The lowest BCUT2D eigenvalue weighted by molar-refractivity contribution is 0.0466. The zero-order chi connectivity index (χ0) is 16.3. The average molecular weight is 406 g/mol. The first kappa shape index (κ1) is 20.2. The Morgan fingerprint density at radius 3 is 2.05 bits per heavy atom. The Bertz CT molecular complexity index is 390. The molecule has 1 aromatic carbocycles. The topological polar surface area (TPSA) is 32.8 Å². The van der Waals surface area contributed by atoms with Crippen LogP contribution < -0.4 is 4.90 Å². The third kappa shape index (κ3) is 7.66. The fraction of sp³-hybridized carbons (Fsp3) is 0.562. The van der Waals surface area contributed by atoms with Gasteiger partial charge in [-0.05, 0) is 42.3 Å². The second-order valence-corrected chi connectivity index (χ2v) is 4.60. The minimum atomic E-state index is -0.252. The highest BCUT2D eigenvalue weighted by Crippen LogP contribution is 2.12. The summed E-state index contributed by atoms with van der Waals surface area (Å²) in [6.07, 6.45) is 0. The Balaban J connectivity index is 0.00000191. The number of alkyl halides is 1. The van der Waals surface area contributed by atoms with Crippen molar-refractivity contribution in [2.45, 2.75) is 13.8 Å². The van der Waals surface area contributed by atoms with Gasteiger partial charge in [0.15, 0.2) is 0 Å². The molecule has 0 aliphatic heterocycles. The van der Waals surface area contributed by atoms with Gasteiger partial charge in [0.25, 0.3) is 0 Å². The van der Waals surface area contributed by atoms with Crippen molar-refractivity contribution in [1.82, 2.24) is 4.90 Å². The molecule has 0 unspecified atom stereocenters. The van der Waals surface area contributed by atoms with Crippen LogP contribution in [0.1, 0.15) is 24.2 Å². The van der Waals surface area contributed by atoms with Gasteiger partial charge in [0, 0.05) is 26.3 Å². The summed E-state index contributed by atoms with van der Waals surface area (Å²) in [5, 5.41) is 0. The summed E-state index contributed by atoms with van der Waals surface area (Å²) in [5.74, 6) is -0.252. The Kier molecular flexibility index (Phi) is 11.3. The number of likely N-dealkylation sites (N-methyl/N-ethyl adjacent to an activating group) is 1. The number of esters is 1.